The molecule has 1 aromatic carbocycles. The zero-order chi connectivity index (χ0) is 15.4. The van der Waals surface area contributed by atoms with Gasteiger partial charge in [0.1, 0.15) is 5.56 Å². The predicted octanol–water partition coefficient (Wildman–Crippen LogP) is 3.06. The molecule has 2 rings (SSSR count). The molecule has 1 amide bonds. The Hall–Kier alpha value is -2.36. The van der Waals surface area contributed by atoms with Crippen LogP contribution < -0.4 is 10.7 Å². The molecule has 0 saturated heterocycles. The lowest BCUT2D eigenvalue weighted by atomic mass is 10.0. The quantitative estimate of drug-likeness (QED) is 0.906. The molecule has 0 aliphatic carbocycles. The largest absolute Gasteiger partial charge is 0.364 e. The number of aromatic nitrogens is 1. The molecule has 0 fully saturated rings. The van der Waals surface area contributed by atoms with Crippen LogP contribution in [0.25, 0.3) is 0 Å². The van der Waals surface area contributed by atoms with E-state index in [0.29, 0.717) is 0 Å². The van der Waals surface area contributed by atoms with Gasteiger partial charge < -0.3 is 10.3 Å². The summed E-state index contributed by atoms with van der Waals surface area (Å²) in [5.41, 5.74) is 3.58. The van der Waals surface area contributed by atoms with Crippen molar-refractivity contribution in [1.82, 2.24) is 4.98 Å². The number of carbonyl (C=O) groups excluding carboxylic acids is 1. The Labute approximate surface area is 124 Å². The van der Waals surface area contributed by atoms with Gasteiger partial charge in [-0.1, -0.05) is 32.0 Å². The summed E-state index contributed by atoms with van der Waals surface area (Å²) in [7, 11) is 0. The minimum atomic E-state index is -0.369. The van der Waals surface area contributed by atoms with Gasteiger partial charge in [0.15, 0.2) is 5.43 Å². The number of aromatic amines is 1. The van der Waals surface area contributed by atoms with Gasteiger partial charge in [-0.15, -0.1) is 0 Å². The number of carbonyl (C=O) groups is 1. The highest BCUT2D eigenvalue weighted by molar-refractivity contribution is 6.04. The number of pyridine rings is 1. The summed E-state index contributed by atoms with van der Waals surface area (Å²) >= 11 is 0. The highest BCUT2D eigenvalue weighted by Gasteiger charge is 2.14. The van der Waals surface area contributed by atoms with Gasteiger partial charge in [-0.3, -0.25) is 9.59 Å². The smallest absolute Gasteiger partial charge is 0.261 e. The lowest BCUT2D eigenvalue weighted by molar-refractivity contribution is 0.102. The maximum absolute atomic E-state index is 12.4. The fraction of sp³-hybridized carbons (Fsp3) is 0.294. The number of hydrogen-bond acceptors (Lipinski definition) is 2. The highest BCUT2D eigenvalue weighted by atomic mass is 16.2. The minimum absolute atomic E-state index is 0.133. The van der Waals surface area contributed by atoms with Crippen molar-refractivity contribution < 1.29 is 4.79 Å². The second-order valence-electron chi connectivity index (χ2n) is 5.01. The van der Waals surface area contributed by atoms with Gasteiger partial charge >= 0.3 is 0 Å². The third kappa shape index (κ3) is 3.21. The highest BCUT2D eigenvalue weighted by Crippen LogP contribution is 2.22. The first kappa shape index (κ1) is 15.0. The van der Waals surface area contributed by atoms with Crippen molar-refractivity contribution in [2.75, 3.05) is 5.32 Å². The summed E-state index contributed by atoms with van der Waals surface area (Å²) in [6.45, 7) is 5.87. The van der Waals surface area contributed by atoms with Crippen molar-refractivity contribution in [3.8, 4) is 0 Å². The molecule has 0 saturated carbocycles. The standard InChI is InChI=1S/C17H20N2O2/c1-4-12-7-6-8-13(5-2)16(12)19-17(21)14-10-18-11(3)9-15(14)20/h6-10H,4-5H2,1-3H3,(H,18,20)(H,19,21). The Morgan fingerprint density at radius 1 is 1.19 bits per heavy atom. The number of para-hydroxylation sites is 1. The third-order valence-corrected chi connectivity index (χ3v) is 3.54. The third-order valence-electron chi connectivity index (χ3n) is 3.54. The molecule has 0 radical (unpaired) electrons. The molecule has 0 aliphatic heterocycles. The molecule has 0 unspecified atom stereocenters. The summed E-state index contributed by atoms with van der Waals surface area (Å²) in [5, 5.41) is 2.90. The van der Waals surface area contributed by atoms with E-state index in [1.807, 2.05) is 32.0 Å². The van der Waals surface area contributed by atoms with Crippen molar-refractivity contribution in [1.29, 1.82) is 0 Å². The summed E-state index contributed by atoms with van der Waals surface area (Å²) < 4.78 is 0. The number of rotatable bonds is 4. The summed E-state index contributed by atoms with van der Waals surface area (Å²) in [6, 6.07) is 7.41. The Balaban J connectivity index is 2.38. The molecule has 0 aliphatic rings. The molecule has 0 spiro atoms. The van der Waals surface area contributed by atoms with Crippen LogP contribution in [0.2, 0.25) is 0 Å². The molecular weight excluding hydrogens is 264 g/mol. The van der Waals surface area contributed by atoms with Crippen molar-refractivity contribution in [3.05, 3.63) is 63.1 Å². The zero-order valence-electron chi connectivity index (χ0n) is 12.6. The molecule has 2 aromatic rings. The second kappa shape index (κ2) is 6.39. The molecule has 4 nitrogen and oxygen atoms in total. The van der Waals surface area contributed by atoms with Gasteiger partial charge in [-0.05, 0) is 30.9 Å². The number of benzene rings is 1. The Bertz CT molecular complexity index is 695. The van der Waals surface area contributed by atoms with Crippen LogP contribution in [0.4, 0.5) is 5.69 Å². The average Bonchev–Trinajstić information content (AvgIpc) is 2.47. The first-order valence-electron chi connectivity index (χ1n) is 7.18. The van der Waals surface area contributed by atoms with Crippen LogP contribution in [-0.2, 0) is 12.8 Å². The maximum Gasteiger partial charge on any atom is 0.261 e. The summed E-state index contributed by atoms with van der Waals surface area (Å²) in [4.78, 5) is 27.2. The minimum Gasteiger partial charge on any atom is -0.364 e. The average molecular weight is 284 g/mol. The first-order chi connectivity index (χ1) is 10.1. The second-order valence-corrected chi connectivity index (χ2v) is 5.01. The predicted molar refractivity (Wildman–Crippen MR) is 85.0 cm³/mol. The first-order valence-corrected chi connectivity index (χ1v) is 7.18. The van der Waals surface area contributed by atoms with Crippen molar-refractivity contribution in [2.24, 2.45) is 0 Å². The lowest BCUT2D eigenvalue weighted by Crippen LogP contribution is -2.22. The van der Waals surface area contributed by atoms with Gasteiger partial charge in [-0.2, -0.15) is 0 Å². The molecule has 4 heteroatoms. The zero-order valence-corrected chi connectivity index (χ0v) is 12.6. The van der Waals surface area contributed by atoms with E-state index in [4.69, 9.17) is 0 Å². The molecule has 0 atom stereocenters. The van der Waals surface area contributed by atoms with Crippen LogP contribution in [0.3, 0.4) is 0 Å². The topological polar surface area (TPSA) is 62.0 Å². The number of anilines is 1. The Kier molecular flexibility index (Phi) is 4.58. The van der Waals surface area contributed by atoms with Crippen LogP contribution in [0.15, 0.2) is 35.3 Å². The summed E-state index contributed by atoms with van der Waals surface area (Å²) in [5.74, 6) is -0.369. The van der Waals surface area contributed by atoms with Gasteiger partial charge in [0.05, 0.1) is 0 Å². The van der Waals surface area contributed by atoms with Gasteiger partial charge in [0.2, 0.25) is 0 Å². The van der Waals surface area contributed by atoms with Gasteiger partial charge in [-0.25, -0.2) is 0 Å². The van der Waals surface area contributed by atoms with Crippen LogP contribution in [-0.4, -0.2) is 10.9 Å². The number of amides is 1. The van der Waals surface area contributed by atoms with Crippen LogP contribution in [0, 0.1) is 6.92 Å². The van der Waals surface area contributed by atoms with E-state index in [-0.39, 0.29) is 16.9 Å². The molecule has 1 heterocycles. The van der Waals surface area contributed by atoms with E-state index in [1.54, 1.807) is 6.92 Å². The van der Waals surface area contributed by atoms with Crippen molar-refractivity contribution in [3.63, 3.8) is 0 Å². The maximum atomic E-state index is 12.4. The van der Waals surface area contributed by atoms with Gasteiger partial charge in [0.25, 0.3) is 5.91 Å². The number of nitrogens with one attached hydrogen (secondary N) is 2. The van der Waals surface area contributed by atoms with E-state index < -0.39 is 0 Å². The number of aryl methyl sites for hydroxylation is 3. The normalized spacial score (nSPS) is 10.4. The fourth-order valence-electron chi connectivity index (χ4n) is 2.33. The Morgan fingerprint density at radius 3 is 2.33 bits per heavy atom. The SMILES string of the molecule is CCc1cccc(CC)c1NC(=O)c1c[nH]c(C)cc1=O. The van der Waals surface area contributed by atoms with Gasteiger partial charge in [0, 0.05) is 23.6 Å². The van der Waals surface area contributed by atoms with E-state index >= 15 is 0 Å². The summed E-state index contributed by atoms with van der Waals surface area (Å²) in [6.07, 6.45) is 3.12. The van der Waals surface area contributed by atoms with Crippen LogP contribution in [0.5, 0.6) is 0 Å². The van der Waals surface area contributed by atoms with Crippen LogP contribution >= 0.6 is 0 Å². The van der Waals surface area contributed by atoms with E-state index in [1.165, 1.54) is 12.3 Å². The van der Waals surface area contributed by atoms with Crippen molar-refractivity contribution in [2.45, 2.75) is 33.6 Å². The van der Waals surface area contributed by atoms with Crippen molar-refractivity contribution >= 4 is 11.6 Å². The monoisotopic (exact) mass is 284 g/mol. The molecule has 2 N–H and O–H groups in total. The number of H-pyrrole nitrogens is 1. The lowest BCUT2D eigenvalue weighted by Gasteiger charge is -2.14. The molecule has 110 valence electrons. The van der Waals surface area contributed by atoms with E-state index in [9.17, 15) is 9.59 Å². The molecule has 1 aromatic heterocycles. The molecular formula is C17H20N2O2. The molecule has 21 heavy (non-hydrogen) atoms. The molecule has 0 bridgehead atoms. The van der Waals surface area contributed by atoms with E-state index in [0.717, 1.165) is 35.3 Å². The fourth-order valence-corrected chi connectivity index (χ4v) is 2.33. The van der Waals surface area contributed by atoms with E-state index in [2.05, 4.69) is 10.3 Å². The van der Waals surface area contributed by atoms with Crippen LogP contribution in [0.1, 0.15) is 41.0 Å². The number of hydrogen-bond donors (Lipinski definition) is 2. The Morgan fingerprint density at radius 2 is 1.81 bits per heavy atom.